The van der Waals surface area contributed by atoms with E-state index < -0.39 is 5.91 Å². The number of piperidine rings is 1. The number of carbonyl (C=O) groups is 2. The lowest BCUT2D eigenvalue weighted by Crippen LogP contribution is -2.51. The molecule has 0 radical (unpaired) electrons. The van der Waals surface area contributed by atoms with Crippen molar-refractivity contribution in [3.8, 4) is 0 Å². The normalized spacial score (nSPS) is 26.1. The standard InChI is InChI=1S/C12H22N4O2/c13-11(17)8-15-12(18)10-2-1-7-16(10)9-3-5-14-6-4-9/h9-10,14H,1-8H2,(H2,13,17)(H,15,18). The van der Waals surface area contributed by atoms with Crippen LogP contribution in [0.4, 0.5) is 0 Å². The van der Waals surface area contributed by atoms with Gasteiger partial charge < -0.3 is 16.4 Å². The Kier molecular flexibility index (Phi) is 4.54. The van der Waals surface area contributed by atoms with E-state index in [1.54, 1.807) is 0 Å². The lowest BCUT2D eigenvalue weighted by atomic mass is 10.0. The van der Waals surface area contributed by atoms with Crippen LogP contribution in [0.5, 0.6) is 0 Å². The molecular formula is C12H22N4O2. The van der Waals surface area contributed by atoms with E-state index in [4.69, 9.17) is 5.73 Å². The van der Waals surface area contributed by atoms with Gasteiger partial charge in [0.2, 0.25) is 11.8 Å². The Morgan fingerprint density at radius 2 is 2.00 bits per heavy atom. The first-order valence-electron chi connectivity index (χ1n) is 6.71. The van der Waals surface area contributed by atoms with Crippen LogP contribution >= 0.6 is 0 Å². The van der Waals surface area contributed by atoms with Crippen molar-refractivity contribution in [1.82, 2.24) is 15.5 Å². The molecule has 0 saturated carbocycles. The minimum atomic E-state index is -0.491. The van der Waals surface area contributed by atoms with Crippen molar-refractivity contribution < 1.29 is 9.59 Å². The summed E-state index contributed by atoms with van der Waals surface area (Å²) in [5, 5.41) is 5.96. The summed E-state index contributed by atoms with van der Waals surface area (Å²) in [7, 11) is 0. The van der Waals surface area contributed by atoms with Gasteiger partial charge in [-0.3, -0.25) is 14.5 Å². The fourth-order valence-electron chi connectivity index (χ4n) is 2.94. The van der Waals surface area contributed by atoms with Crippen LogP contribution in [0.25, 0.3) is 0 Å². The molecule has 6 nitrogen and oxygen atoms in total. The van der Waals surface area contributed by atoms with Gasteiger partial charge in [-0.05, 0) is 45.3 Å². The summed E-state index contributed by atoms with van der Waals surface area (Å²) >= 11 is 0. The van der Waals surface area contributed by atoms with Crippen molar-refractivity contribution in [2.24, 2.45) is 5.73 Å². The van der Waals surface area contributed by atoms with Crippen LogP contribution in [-0.2, 0) is 9.59 Å². The molecule has 4 N–H and O–H groups in total. The molecule has 0 aromatic carbocycles. The van der Waals surface area contributed by atoms with Gasteiger partial charge in [0.15, 0.2) is 0 Å². The summed E-state index contributed by atoms with van der Waals surface area (Å²) in [6.07, 6.45) is 4.13. The molecule has 2 rings (SSSR count). The molecule has 2 aliphatic rings. The second-order valence-corrected chi connectivity index (χ2v) is 5.06. The molecule has 2 saturated heterocycles. The zero-order valence-electron chi connectivity index (χ0n) is 10.7. The Bertz CT molecular complexity index is 315. The maximum atomic E-state index is 12.0. The molecule has 1 unspecified atom stereocenters. The predicted molar refractivity (Wildman–Crippen MR) is 67.8 cm³/mol. The third-order valence-electron chi connectivity index (χ3n) is 3.81. The maximum Gasteiger partial charge on any atom is 0.237 e. The molecule has 2 aliphatic heterocycles. The van der Waals surface area contributed by atoms with Crippen molar-refractivity contribution in [2.45, 2.75) is 37.8 Å². The highest BCUT2D eigenvalue weighted by Crippen LogP contribution is 2.24. The van der Waals surface area contributed by atoms with E-state index in [2.05, 4.69) is 15.5 Å². The van der Waals surface area contributed by atoms with Crippen molar-refractivity contribution in [2.75, 3.05) is 26.2 Å². The molecule has 2 amide bonds. The zero-order chi connectivity index (χ0) is 13.0. The van der Waals surface area contributed by atoms with E-state index in [0.717, 1.165) is 45.3 Å². The van der Waals surface area contributed by atoms with Crippen LogP contribution < -0.4 is 16.4 Å². The Morgan fingerprint density at radius 1 is 1.28 bits per heavy atom. The van der Waals surface area contributed by atoms with Gasteiger partial charge >= 0.3 is 0 Å². The van der Waals surface area contributed by atoms with E-state index in [1.807, 2.05) is 0 Å². The van der Waals surface area contributed by atoms with Gasteiger partial charge in [-0.25, -0.2) is 0 Å². The SMILES string of the molecule is NC(=O)CNC(=O)C1CCCN1C1CCNCC1. The molecular weight excluding hydrogens is 232 g/mol. The minimum absolute atomic E-state index is 0.0511. The third-order valence-corrected chi connectivity index (χ3v) is 3.81. The highest BCUT2D eigenvalue weighted by molar-refractivity contribution is 5.86. The molecule has 0 aromatic heterocycles. The molecule has 6 heteroatoms. The van der Waals surface area contributed by atoms with Crippen LogP contribution in [0.1, 0.15) is 25.7 Å². The number of primary amides is 1. The first kappa shape index (κ1) is 13.3. The molecule has 102 valence electrons. The summed E-state index contributed by atoms with van der Waals surface area (Å²) in [4.78, 5) is 25.0. The van der Waals surface area contributed by atoms with Crippen molar-refractivity contribution in [3.05, 3.63) is 0 Å². The summed E-state index contributed by atoms with van der Waals surface area (Å²) in [6, 6.07) is 0.422. The molecule has 2 fully saturated rings. The second kappa shape index (κ2) is 6.15. The largest absolute Gasteiger partial charge is 0.368 e. The van der Waals surface area contributed by atoms with E-state index >= 15 is 0 Å². The van der Waals surface area contributed by atoms with Gasteiger partial charge in [0.25, 0.3) is 0 Å². The number of nitrogens with two attached hydrogens (primary N) is 1. The van der Waals surface area contributed by atoms with Gasteiger partial charge in [0.1, 0.15) is 0 Å². The Labute approximate surface area is 107 Å². The number of amides is 2. The lowest BCUT2D eigenvalue weighted by Gasteiger charge is -2.35. The molecule has 0 bridgehead atoms. The lowest BCUT2D eigenvalue weighted by molar-refractivity contribution is -0.128. The van der Waals surface area contributed by atoms with Crippen LogP contribution in [0, 0.1) is 0 Å². The summed E-state index contributed by atoms with van der Waals surface area (Å²) in [5.41, 5.74) is 5.04. The summed E-state index contributed by atoms with van der Waals surface area (Å²) < 4.78 is 0. The monoisotopic (exact) mass is 254 g/mol. The van der Waals surface area contributed by atoms with E-state index in [0.29, 0.717) is 6.04 Å². The van der Waals surface area contributed by atoms with Crippen LogP contribution in [0.2, 0.25) is 0 Å². The molecule has 0 spiro atoms. The average Bonchev–Trinajstić information content (AvgIpc) is 2.86. The quantitative estimate of drug-likeness (QED) is 0.588. The number of likely N-dealkylation sites (tertiary alicyclic amines) is 1. The van der Waals surface area contributed by atoms with Gasteiger partial charge in [-0.1, -0.05) is 0 Å². The number of nitrogens with zero attached hydrogens (tertiary/aromatic N) is 1. The molecule has 0 aliphatic carbocycles. The Balaban J connectivity index is 1.89. The van der Waals surface area contributed by atoms with Crippen molar-refractivity contribution >= 4 is 11.8 Å². The van der Waals surface area contributed by atoms with Crippen molar-refractivity contribution in [1.29, 1.82) is 0 Å². The first-order valence-corrected chi connectivity index (χ1v) is 6.71. The highest BCUT2D eigenvalue weighted by Gasteiger charge is 2.35. The topological polar surface area (TPSA) is 87.5 Å². The molecule has 18 heavy (non-hydrogen) atoms. The number of hydrogen-bond acceptors (Lipinski definition) is 4. The minimum Gasteiger partial charge on any atom is -0.368 e. The van der Waals surface area contributed by atoms with Crippen molar-refractivity contribution in [3.63, 3.8) is 0 Å². The van der Waals surface area contributed by atoms with Gasteiger partial charge in [-0.2, -0.15) is 0 Å². The zero-order valence-corrected chi connectivity index (χ0v) is 10.7. The Morgan fingerprint density at radius 3 is 2.67 bits per heavy atom. The van der Waals surface area contributed by atoms with Gasteiger partial charge in [-0.15, -0.1) is 0 Å². The maximum absolute atomic E-state index is 12.0. The molecule has 2 heterocycles. The van der Waals surface area contributed by atoms with Gasteiger partial charge in [0.05, 0.1) is 12.6 Å². The van der Waals surface area contributed by atoms with Gasteiger partial charge in [0, 0.05) is 6.04 Å². The second-order valence-electron chi connectivity index (χ2n) is 5.06. The fourth-order valence-corrected chi connectivity index (χ4v) is 2.94. The first-order chi connectivity index (χ1) is 8.68. The smallest absolute Gasteiger partial charge is 0.237 e. The fraction of sp³-hybridized carbons (Fsp3) is 0.833. The average molecular weight is 254 g/mol. The number of rotatable bonds is 4. The molecule has 1 atom stereocenters. The molecule has 0 aromatic rings. The predicted octanol–water partition coefficient (Wildman–Crippen LogP) is -1.20. The summed E-state index contributed by atoms with van der Waals surface area (Å²) in [5.74, 6) is -0.542. The third kappa shape index (κ3) is 3.20. The van der Waals surface area contributed by atoms with E-state index in [-0.39, 0.29) is 18.5 Å². The Hall–Kier alpha value is -1.14. The van der Waals surface area contributed by atoms with E-state index in [1.165, 1.54) is 0 Å². The number of hydrogen-bond donors (Lipinski definition) is 3. The van der Waals surface area contributed by atoms with Crippen LogP contribution in [0.3, 0.4) is 0 Å². The van der Waals surface area contributed by atoms with Crippen LogP contribution in [-0.4, -0.2) is 55.0 Å². The van der Waals surface area contributed by atoms with E-state index in [9.17, 15) is 9.59 Å². The van der Waals surface area contributed by atoms with Crippen LogP contribution in [0.15, 0.2) is 0 Å². The number of nitrogens with one attached hydrogen (secondary N) is 2. The highest BCUT2D eigenvalue weighted by atomic mass is 16.2. The number of carbonyl (C=O) groups excluding carboxylic acids is 2. The summed E-state index contributed by atoms with van der Waals surface area (Å²) in [6.45, 7) is 2.97.